The third-order valence-electron chi connectivity index (χ3n) is 4.38. The third-order valence-corrected chi connectivity index (χ3v) is 6.46. The van der Waals surface area contributed by atoms with E-state index >= 15 is 0 Å². The Bertz CT molecular complexity index is 1450. The summed E-state index contributed by atoms with van der Waals surface area (Å²) in [4.78, 5) is 0.182. The Labute approximate surface area is 181 Å². The quantitative estimate of drug-likeness (QED) is 0.411. The molecule has 8 nitrogen and oxygen atoms in total. The first-order chi connectivity index (χ1) is 15.1. The van der Waals surface area contributed by atoms with Crippen molar-refractivity contribution in [1.82, 2.24) is 19.8 Å². The summed E-state index contributed by atoms with van der Waals surface area (Å²) in [5.41, 5.74) is 1.89. The molecule has 1 N–H and O–H groups in total. The molecule has 3 heterocycles. The van der Waals surface area contributed by atoms with Crippen LogP contribution in [-0.2, 0) is 10.0 Å². The van der Waals surface area contributed by atoms with Crippen molar-refractivity contribution >= 4 is 32.7 Å². The summed E-state index contributed by atoms with van der Waals surface area (Å²) in [7, 11) is -3.70. The van der Waals surface area contributed by atoms with Crippen molar-refractivity contribution in [3.8, 4) is 23.0 Å². The van der Waals surface area contributed by atoms with Crippen molar-refractivity contribution in [2.45, 2.75) is 4.90 Å². The van der Waals surface area contributed by atoms with E-state index in [4.69, 9.17) is 4.74 Å². The van der Waals surface area contributed by atoms with E-state index in [-0.39, 0.29) is 4.90 Å². The minimum Gasteiger partial charge on any atom is -0.438 e. The highest BCUT2D eigenvalue weighted by Gasteiger charge is 2.14. The Morgan fingerprint density at radius 2 is 1.81 bits per heavy atom. The first-order valence-corrected chi connectivity index (χ1v) is 11.6. The highest BCUT2D eigenvalue weighted by Crippen LogP contribution is 2.26. The molecule has 10 heteroatoms. The zero-order valence-electron chi connectivity index (χ0n) is 15.9. The van der Waals surface area contributed by atoms with Gasteiger partial charge in [-0.2, -0.15) is 15.9 Å². The first kappa shape index (κ1) is 19.2. The van der Waals surface area contributed by atoms with Crippen molar-refractivity contribution in [3.63, 3.8) is 0 Å². The Kier molecular flexibility index (Phi) is 4.85. The molecule has 0 aliphatic rings. The van der Waals surface area contributed by atoms with Gasteiger partial charge in [0, 0.05) is 23.1 Å². The monoisotopic (exact) mass is 449 g/mol. The average Bonchev–Trinajstić information content (AvgIpc) is 3.44. The molecule has 2 aromatic carbocycles. The lowest BCUT2D eigenvalue weighted by atomic mass is 10.3. The predicted molar refractivity (Wildman–Crippen MR) is 118 cm³/mol. The van der Waals surface area contributed by atoms with Gasteiger partial charge in [0.1, 0.15) is 5.75 Å². The smallest absolute Gasteiger partial charge is 0.261 e. The SMILES string of the molecule is O=S(=O)(Nc1cccc(Oc2ccc3nnc(-c4ccsc4)n3n2)c1)c1ccccc1. The van der Waals surface area contributed by atoms with E-state index in [2.05, 4.69) is 20.0 Å². The second kappa shape index (κ2) is 7.82. The molecule has 5 aromatic rings. The highest BCUT2D eigenvalue weighted by molar-refractivity contribution is 7.92. The summed E-state index contributed by atoms with van der Waals surface area (Å²) < 4.78 is 35.2. The fourth-order valence-electron chi connectivity index (χ4n) is 2.96. The standard InChI is InChI=1S/C21H15N5O3S2/c27-31(28,18-7-2-1-3-8-18)25-16-5-4-6-17(13-16)29-20-10-9-19-22-23-21(26(19)24-20)15-11-12-30-14-15/h1-14,25H. The van der Waals surface area contributed by atoms with Crippen LogP contribution in [0.2, 0.25) is 0 Å². The minimum absolute atomic E-state index is 0.182. The van der Waals surface area contributed by atoms with Gasteiger partial charge in [-0.25, -0.2) is 8.42 Å². The lowest BCUT2D eigenvalue weighted by Crippen LogP contribution is -2.12. The Morgan fingerprint density at radius 3 is 2.61 bits per heavy atom. The van der Waals surface area contributed by atoms with E-state index in [0.717, 1.165) is 5.56 Å². The summed E-state index contributed by atoms with van der Waals surface area (Å²) in [5.74, 6) is 1.38. The van der Waals surface area contributed by atoms with Gasteiger partial charge in [0.05, 0.1) is 10.6 Å². The van der Waals surface area contributed by atoms with Gasteiger partial charge in [-0.05, 0) is 41.8 Å². The van der Waals surface area contributed by atoms with Crippen molar-refractivity contribution in [3.05, 3.63) is 83.6 Å². The Morgan fingerprint density at radius 1 is 0.935 bits per heavy atom. The van der Waals surface area contributed by atoms with Gasteiger partial charge >= 0.3 is 0 Å². The zero-order valence-corrected chi connectivity index (χ0v) is 17.5. The second-order valence-electron chi connectivity index (χ2n) is 6.53. The summed E-state index contributed by atoms with van der Waals surface area (Å²) in [5, 5.41) is 16.7. The van der Waals surface area contributed by atoms with E-state index in [1.54, 1.807) is 70.4 Å². The first-order valence-electron chi connectivity index (χ1n) is 9.19. The average molecular weight is 450 g/mol. The van der Waals surface area contributed by atoms with Crippen LogP contribution < -0.4 is 9.46 Å². The van der Waals surface area contributed by atoms with E-state index in [1.165, 1.54) is 12.1 Å². The van der Waals surface area contributed by atoms with Gasteiger partial charge in [0.2, 0.25) is 5.88 Å². The number of anilines is 1. The molecule has 0 aliphatic heterocycles. The van der Waals surface area contributed by atoms with Crippen LogP contribution in [0.1, 0.15) is 0 Å². The number of benzene rings is 2. The molecule has 5 rings (SSSR count). The molecule has 0 bridgehead atoms. The normalized spacial score (nSPS) is 11.5. The highest BCUT2D eigenvalue weighted by atomic mass is 32.2. The maximum Gasteiger partial charge on any atom is 0.261 e. The topological polar surface area (TPSA) is 98.5 Å². The van der Waals surface area contributed by atoms with Gasteiger partial charge in [0.25, 0.3) is 10.0 Å². The zero-order chi connectivity index (χ0) is 21.3. The molecule has 0 atom stereocenters. The largest absolute Gasteiger partial charge is 0.438 e. The van der Waals surface area contributed by atoms with Gasteiger partial charge in [-0.1, -0.05) is 24.3 Å². The number of fused-ring (bicyclic) bond motifs is 1. The number of nitrogens with zero attached hydrogens (tertiary/aromatic N) is 4. The number of nitrogens with one attached hydrogen (secondary N) is 1. The van der Waals surface area contributed by atoms with Crippen LogP contribution in [0, 0.1) is 0 Å². The fraction of sp³-hybridized carbons (Fsp3) is 0. The number of hydrogen-bond donors (Lipinski definition) is 1. The van der Waals surface area contributed by atoms with Gasteiger partial charge < -0.3 is 4.74 Å². The molecule has 0 fully saturated rings. The lowest BCUT2D eigenvalue weighted by Gasteiger charge is -2.10. The van der Waals surface area contributed by atoms with Crippen LogP contribution in [0.5, 0.6) is 11.6 Å². The predicted octanol–water partition coefficient (Wildman–Crippen LogP) is 4.45. The van der Waals surface area contributed by atoms with Gasteiger partial charge in [-0.15, -0.1) is 15.3 Å². The molecule has 3 aromatic heterocycles. The van der Waals surface area contributed by atoms with Crippen molar-refractivity contribution in [2.75, 3.05) is 4.72 Å². The summed E-state index contributed by atoms with van der Waals surface area (Å²) in [6.07, 6.45) is 0. The Hall–Kier alpha value is -3.76. The number of aromatic nitrogens is 4. The van der Waals surface area contributed by atoms with Crippen LogP contribution in [0.3, 0.4) is 0 Å². The van der Waals surface area contributed by atoms with Crippen LogP contribution in [0.4, 0.5) is 5.69 Å². The van der Waals surface area contributed by atoms with Crippen LogP contribution in [-0.4, -0.2) is 28.2 Å². The van der Waals surface area contributed by atoms with Crippen LogP contribution in [0.25, 0.3) is 17.0 Å². The maximum absolute atomic E-state index is 12.6. The Balaban J connectivity index is 1.41. The molecular weight excluding hydrogens is 434 g/mol. The molecule has 0 spiro atoms. The van der Waals surface area contributed by atoms with Crippen LogP contribution in [0.15, 0.2) is 88.5 Å². The van der Waals surface area contributed by atoms with Crippen molar-refractivity contribution < 1.29 is 13.2 Å². The van der Waals surface area contributed by atoms with E-state index in [9.17, 15) is 8.42 Å². The summed E-state index contributed by atoms with van der Waals surface area (Å²) >= 11 is 1.56. The number of rotatable bonds is 6. The van der Waals surface area contributed by atoms with Gasteiger partial charge in [-0.3, -0.25) is 4.72 Å². The van der Waals surface area contributed by atoms with Crippen molar-refractivity contribution in [2.24, 2.45) is 0 Å². The molecular formula is C21H15N5O3S2. The summed E-state index contributed by atoms with van der Waals surface area (Å²) in [6.45, 7) is 0. The number of sulfonamides is 1. The minimum atomic E-state index is -3.70. The second-order valence-corrected chi connectivity index (χ2v) is 8.99. The molecule has 154 valence electrons. The lowest BCUT2D eigenvalue weighted by molar-refractivity contribution is 0.453. The van der Waals surface area contributed by atoms with Crippen molar-refractivity contribution in [1.29, 1.82) is 0 Å². The fourth-order valence-corrected chi connectivity index (χ4v) is 4.66. The molecule has 0 aliphatic carbocycles. The maximum atomic E-state index is 12.6. The summed E-state index contributed by atoms with van der Waals surface area (Å²) in [6, 6.07) is 20.2. The number of hydrogen-bond acceptors (Lipinski definition) is 7. The van der Waals surface area contributed by atoms with Gasteiger partial charge in [0.15, 0.2) is 11.5 Å². The molecule has 0 unspecified atom stereocenters. The van der Waals surface area contributed by atoms with E-state index < -0.39 is 10.0 Å². The number of thiophene rings is 1. The van der Waals surface area contributed by atoms with E-state index in [0.29, 0.717) is 28.8 Å². The number of ether oxygens (including phenoxy) is 1. The molecule has 31 heavy (non-hydrogen) atoms. The molecule has 0 amide bonds. The van der Waals surface area contributed by atoms with Crippen LogP contribution >= 0.6 is 11.3 Å². The molecule has 0 radical (unpaired) electrons. The molecule has 0 saturated heterocycles. The third kappa shape index (κ3) is 3.98. The van der Waals surface area contributed by atoms with E-state index in [1.807, 2.05) is 16.8 Å². The molecule has 0 saturated carbocycles.